The minimum absolute atomic E-state index is 0.124. The number of primary sulfonamides is 1. The van der Waals surface area contributed by atoms with Gasteiger partial charge in [-0.15, -0.1) is 0 Å². The number of sulfonamides is 1. The Morgan fingerprint density at radius 3 is 2.57 bits per heavy atom. The van der Waals surface area contributed by atoms with Crippen molar-refractivity contribution in [1.82, 2.24) is 5.32 Å². The van der Waals surface area contributed by atoms with Crippen LogP contribution in [0.2, 0.25) is 5.02 Å². The van der Waals surface area contributed by atoms with Gasteiger partial charge in [0, 0.05) is 9.50 Å². The van der Waals surface area contributed by atoms with Gasteiger partial charge in [-0.1, -0.05) is 23.7 Å². The van der Waals surface area contributed by atoms with Gasteiger partial charge in [0.15, 0.2) is 0 Å². The number of nitrogens with one attached hydrogen (secondary N) is 1. The molecule has 23 heavy (non-hydrogen) atoms. The quantitative estimate of drug-likeness (QED) is 0.800. The first-order valence-electron chi connectivity index (χ1n) is 6.57. The van der Waals surface area contributed by atoms with E-state index < -0.39 is 15.9 Å². The molecule has 2 aromatic carbocycles. The van der Waals surface area contributed by atoms with E-state index in [0.717, 1.165) is 5.56 Å². The fraction of sp³-hybridized carbons (Fsp3) is 0.133. The molecule has 0 fully saturated rings. The molecule has 1 atom stereocenters. The number of carbonyl (C=O) groups excluding carboxylic acids is 1. The van der Waals surface area contributed by atoms with Crippen LogP contribution < -0.4 is 10.5 Å². The SMILES string of the molecule is CC(NC(=O)c1cc(S(N)(=O)=O)ccc1Br)c1cccc(Cl)c1. The Morgan fingerprint density at radius 2 is 1.96 bits per heavy atom. The number of benzene rings is 2. The summed E-state index contributed by atoms with van der Waals surface area (Å²) >= 11 is 9.18. The zero-order valence-corrected chi connectivity index (χ0v) is 15.2. The largest absolute Gasteiger partial charge is 0.345 e. The van der Waals surface area contributed by atoms with E-state index in [0.29, 0.717) is 9.50 Å². The molecule has 0 aliphatic carbocycles. The van der Waals surface area contributed by atoms with Crippen molar-refractivity contribution in [2.75, 3.05) is 0 Å². The molecule has 0 saturated carbocycles. The van der Waals surface area contributed by atoms with Crippen LogP contribution in [0.3, 0.4) is 0 Å². The van der Waals surface area contributed by atoms with Crippen molar-refractivity contribution in [3.05, 3.63) is 63.1 Å². The van der Waals surface area contributed by atoms with Crippen LogP contribution in [-0.4, -0.2) is 14.3 Å². The summed E-state index contributed by atoms with van der Waals surface area (Å²) in [5, 5.41) is 8.46. The zero-order chi connectivity index (χ0) is 17.2. The van der Waals surface area contributed by atoms with E-state index in [1.807, 2.05) is 6.07 Å². The molecule has 1 amide bonds. The smallest absolute Gasteiger partial charge is 0.252 e. The molecule has 0 saturated heterocycles. The van der Waals surface area contributed by atoms with Gasteiger partial charge >= 0.3 is 0 Å². The summed E-state index contributed by atoms with van der Waals surface area (Å²) in [7, 11) is -3.88. The molecule has 2 rings (SSSR count). The maximum atomic E-state index is 12.4. The van der Waals surface area contributed by atoms with Gasteiger partial charge in [0.25, 0.3) is 5.91 Å². The van der Waals surface area contributed by atoms with Crippen LogP contribution in [0.5, 0.6) is 0 Å². The van der Waals surface area contributed by atoms with Gasteiger partial charge in [-0.25, -0.2) is 13.6 Å². The van der Waals surface area contributed by atoms with Crippen molar-refractivity contribution < 1.29 is 13.2 Å². The number of hydrogen-bond donors (Lipinski definition) is 2. The summed E-state index contributed by atoms with van der Waals surface area (Å²) in [5.41, 5.74) is 1.02. The van der Waals surface area contributed by atoms with Gasteiger partial charge in [-0.05, 0) is 58.7 Å². The summed E-state index contributed by atoms with van der Waals surface area (Å²) < 4.78 is 23.3. The van der Waals surface area contributed by atoms with E-state index in [4.69, 9.17) is 16.7 Å². The van der Waals surface area contributed by atoms with Gasteiger partial charge in [0.1, 0.15) is 0 Å². The second-order valence-electron chi connectivity index (χ2n) is 4.94. The van der Waals surface area contributed by atoms with Crippen LogP contribution in [0.25, 0.3) is 0 Å². The van der Waals surface area contributed by atoms with Crippen LogP contribution in [-0.2, 0) is 10.0 Å². The van der Waals surface area contributed by atoms with Crippen LogP contribution >= 0.6 is 27.5 Å². The van der Waals surface area contributed by atoms with Crippen molar-refractivity contribution in [2.24, 2.45) is 5.14 Å². The van der Waals surface area contributed by atoms with Crippen molar-refractivity contribution in [1.29, 1.82) is 0 Å². The van der Waals surface area contributed by atoms with Crippen molar-refractivity contribution in [3.63, 3.8) is 0 Å². The Hall–Kier alpha value is -1.41. The molecule has 0 aliphatic rings. The molecule has 0 radical (unpaired) electrons. The Balaban J connectivity index is 2.27. The molecular formula is C15H14BrClN2O3S. The summed E-state index contributed by atoms with van der Waals surface area (Å²) in [6, 6.07) is 10.9. The average molecular weight is 418 g/mol. The van der Waals surface area contributed by atoms with Gasteiger partial charge < -0.3 is 5.32 Å². The van der Waals surface area contributed by atoms with Crippen LogP contribution in [0.1, 0.15) is 28.9 Å². The van der Waals surface area contributed by atoms with E-state index in [1.54, 1.807) is 25.1 Å². The highest BCUT2D eigenvalue weighted by Gasteiger charge is 2.17. The third-order valence-electron chi connectivity index (χ3n) is 3.21. The zero-order valence-electron chi connectivity index (χ0n) is 12.1. The minimum Gasteiger partial charge on any atom is -0.345 e. The van der Waals surface area contributed by atoms with E-state index in [2.05, 4.69) is 21.2 Å². The van der Waals surface area contributed by atoms with E-state index >= 15 is 0 Å². The number of halogens is 2. The summed E-state index contributed by atoms with van der Waals surface area (Å²) in [4.78, 5) is 12.3. The fourth-order valence-electron chi connectivity index (χ4n) is 1.99. The van der Waals surface area contributed by atoms with E-state index in [9.17, 15) is 13.2 Å². The molecule has 8 heteroatoms. The molecule has 0 aliphatic heterocycles. The van der Waals surface area contributed by atoms with Crippen molar-refractivity contribution >= 4 is 43.5 Å². The first-order chi connectivity index (χ1) is 10.7. The molecular weight excluding hydrogens is 404 g/mol. The molecule has 122 valence electrons. The normalized spacial score (nSPS) is 12.7. The molecule has 1 unspecified atom stereocenters. The Labute approximate surface area is 148 Å². The minimum atomic E-state index is -3.88. The molecule has 5 nitrogen and oxygen atoms in total. The fourth-order valence-corrected chi connectivity index (χ4v) is 3.15. The maximum absolute atomic E-state index is 12.4. The Kier molecular flexibility index (Phi) is 5.46. The molecule has 3 N–H and O–H groups in total. The highest BCUT2D eigenvalue weighted by atomic mass is 79.9. The molecule has 0 aromatic heterocycles. The summed E-state index contributed by atoms with van der Waals surface area (Å²) in [6.07, 6.45) is 0. The molecule has 0 heterocycles. The number of amides is 1. The number of nitrogens with two attached hydrogens (primary N) is 1. The number of rotatable bonds is 4. The average Bonchev–Trinajstić information content (AvgIpc) is 2.46. The number of hydrogen-bond acceptors (Lipinski definition) is 3. The lowest BCUT2D eigenvalue weighted by Gasteiger charge is -2.15. The number of carbonyl (C=O) groups is 1. The first-order valence-corrected chi connectivity index (χ1v) is 9.29. The maximum Gasteiger partial charge on any atom is 0.252 e. The van der Waals surface area contributed by atoms with Crippen LogP contribution in [0.4, 0.5) is 0 Å². The third-order valence-corrected chi connectivity index (χ3v) is 5.04. The van der Waals surface area contributed by atoms with E-state index in [-0.39, 0.29) is 16.5 Å². The molecule has 0 spiro atoms. The Morgan fingerprint density at radius 1 is 1.26 bits per heavy atom. The van der Waals surface area contributed by atoms with Gasteiger partial charge in [-0.2, -0.15) is 0 Å². The lowest BCUT2D eigenvalue weighted by atomic mass is 10.1. The molecule has 2 aromatic rings. The molecule has 0 bridgehead atoms. The monoisotopic (exact) mass is 416 g/mol. The summed E-state index contributed by atoms with van der Waals surface area (Å²) in [5.74, 6) is -0.421. The highest BCUT2D eigenvalue weighted by Crippen LogP contribution is 2.22. The second kappa shape index (κ2) is 7.00. The van der Waals surface area contributed by atoms with Crippen molar-refractivity contribution in [3.8, 4) is 0 Å². The highest BCUT2D eigenvalue weighted by molar-refractivity contribution is 9.10. The summed E-state index contributed by atoms with van der Waals surface area (Å²) in [6.45, 7) is 1.81. The van der Waals surface area contributed by atoms with Gasteiger partial charge in [0.05, 0.1) is 16.5 Å². The lowest BCUT2D eigenvalue weighted by Crippen LogP contribution is -2.27. The van der Waals surface area contributed by atoms with Crippen LogP contribution in [0.15, 0.2) is 51.8 Å². The topological polar surface area (TPSA) is 89.3 Å². The third kappa shape index (κ3) is 4.54. The van der Waals surface area contributed by atoms with Gasteiger partial charge in [0.2, 0.25) is 10.0 Å². The predicted molar refractivity (Wildman–Crippen MR) is 92.8 cm³/mol. The van der Waals surface area contributed by atoms with E-state index in [1.165, 1.54) is 18.2 Å². The standard InChI is InChI=1S/C15H14BrClN2O3S/c1-9(10-3-2-4-11(17)7-10)19-15(20)13-8-12(23(18,21)22)5-6-14(13)16/h2-9H,1H3,(H,19,20)(H2,18,21,22). The lowest BCUT2D eigenvalue weighted by molar-refractivity contribution is 0.0939. The first kappa shape index (κ1) is 17.9. The Bertz CT molecular complexity index is 856. The second-order valence-corrected chi connectivity index (χ2v) is 7.79. The van der Waals surface area contributed by atoms with Crippen molar-refractivity contribution in [2.45, 2.75) is 17.9 Å². The van der Waals surface area contributed by atoms with Crippen LogP contribution in [0, 0.1) is 0 Å². The predicted octanol–water partition coefficient (Wildman–Crippen LogP) is 3.24. The van der Waals surface area contributed by atoms with Gasteiger partial charge in [-0.3, -0.25) is 4.79 Å².